The molecule has 0 spiro atoms. The van der Waals surface area contributed by atoms with E-state index in [1.807, 2.05) is 6.11 Å². The maximum atomic E-state index is 10.4. The molecule has 0 saturated heterocycles. The van der Waals surface area contributed by atoms with E-state index in [1.54, 1.807) is 6.92 Å². The predicted molar refractivity (Wildman–Crippen MR) is 36.2 cm³/mol. The Balaban J connectivity index is 3.79. The zero-order valence-corrected chi connectivity index (χ0v) is 6.34. The molecule has 0 amide bonds. The molecule has 0 aromatic rings. The molecule has 0 bridgehead atoms. The predicted octanol–water partition coefficient (Wildman–Crippen LogP) is 0.0735. The Bertz CT molecular complexity index is 208. The van der Waals surface area contributed by atoms with Crippen LogP contribution in [0.1, 0.15) is 13.3 Å². The number of hydrogen-bond acceptors (Lipinski definition) is 4. The summed E-state index contributed by atoms with van der Waals surface area (Å²) in [6.07, 6.45) is 2.61. The molecule has 11 heavy (non-hydrogen) atoms. The van der Waals surface area contributed by atoms with Crippen LogP contribution in [0.25, 0.3) is 0 Å². The first-order chi connectivity index (χ1) is 5.22. The highest BCUT2D eigenvalue weighted by Crippen LogP contribution is 1.80. The van der Waals surface area contributed by atoms with Crippen LogP contribution in [0.3, 0.4) is 0 Å². The van der Waals surface area contributed by atoms with Gasteiger partial charge < -0.3 is 9.47 Å². The van der Waals surface area contributed by atoms with Crippen molar-refractivity contribution in [3.05, 3.63) is 0 Å². The van der Waals surface area contributed by atoms with Crippen molar-refractivity contribution in [1.29, 1.82) is 0 Å². The summed E-state index contributed by atoms with van der Waals surface area (Å²) in [6.45, 7) is 1.79. The van der Waals surface area contributed by atoms with Crippen LogP contribution < -0.4 is 0 Å². The van der Waals surface area contributed by atoms with Crippen molar-refractivity contribution < 1.29 is 19.1 Å². The van der Waals surface area contributed by atoms with Crippen molar-refractivity contribution >= 4 is 11.9 Å². The summed E-state index contributed by atoms with van der Waals surface area (Å²) in [4.78, 5) is 20.8. The largest absolute Gasteiger partial charge is 0.461 e. The van der Waals surface area contributed by atoms with Crippen LogP contribution in [0, 0.1) is 12.0 Å². The molecule has 0 N–H and O–H groups in total. The van der Waals surface area contributed by atoms with Crippen LogP contribution >= 0.6 is 0 Å². The van der Waals surface area contributed by atoms with Crippen LogP contribution in [0.4, 0.5) is 0 Å². The monoisotopic (exact) mass is 156 g/mol. The van der Waals surface area contributed by atoms with E-state index in [1.165, 1.54) is 0 Å². The molecule has 0 aliphatic rings. The van der Waals surface area contributed by atoms with Gasteiger partial charge in [-0.3, -0.25) is 0 Å². The third-order valence-corrected chi connectivity index (χ3v) is 0.745. The van der Waals surface area contributed by atoms with Crippen molar-refractivity contribution in [3.63, 3.8) is 0 Å². The third kappa shape index (κ3) is 3.98. The van der Waals surface area contributed by atoms with E-state index in [9.17, 15) is 9.59 Å². The number of carbonyl (C=O) groups is 2. The van der Waals surface area contributed by atoms with Gasteiger partial charge in [0.1, 0.15) is 6.11 Å². The fourth-order valence-electron chi connectivity index (χ4n) is 0.280. The van der Waals surface area contributed by atoms with E-state index < -0.39 is 11.9 Å². The van der Waals surface area contributed by atoms with Gasteiger partial charge in [0.15, 0.2) is 0 Å². The van der Waals surface area contributed by atoms with Crippen LogP contribution in [-0.2, 0) is 19.1 Å². The second-order valence-corrected chi connectivity index (χ2v) is 1.51. The number of methoxy groups -OCH3 is 1. The molecule has 0 radical (unpaired) electrons. The molecule has 60 valence electrons. The van der Waals surface area contributed by atoms with Gasteiger partial charge in [-0.25, -0.2) is 9.59 Å². The topological polar surface area (TPSA) is 52.6 Å². The number of ether oxygens (including phenoxy) is 2. The molecule has 0 fully saturated rings. The van der Waals surface area contributed by atoms with E-state index in [4.69, 9.17) is 0 Å². The first-order valence-corrected chi connectivity index (χ1v) is 2.99. The maximum absolute atomic E-state index is 10.4. The van der Waals surface area contributed by atoms with Crippen LogP contribution in [0.2, 0.25) is 0 Å². The van der Waals surface area contributed by atoms with Crippen molar-refractivity contribution in [2.45, 2.75) is 13.3 Å². The average molecular weight is 156 g/mol. The molecular weight excluding hydrogens is 148 g/mol. The summed E-state index contributed by atoms with van der Waals surface area (Å²) in [6, 6.07) is 0. The first-order valence-electron chi connectivity index (χ1n) is 2.99. The molecule has 0 heterocycles. The molecule has 0 unspecified atom stereocenters. The standard InChI is InChI=1S/C7H8O4/c1-3-4-5-11-7(9)6(8)10-2/h3H2,1-2H3. The lowest BCUT2D eigenvalue weighted by molar-refractivity contribution is -0.161. The first kappa shape index (κ1) is 9.50. The van der Waals surface area contributed by atoms with E-state index in [-0.39, 0.29) is 0 Å². The summed E-state index contributed by atoms with van der Waals surface area (Å²) in [5.41, 5.74) is 0. The number of carbonyl (C=O) groups excluding carboxylic acids is 2. The van der Waals surface area contributed by atoms with Crippen LogP contribution in [0.15, 0.2) is 0 Å². The lowest BCUT2D eigenvalue weighted by atomic mass is 10.5. The van der Waals surface area contributed by atoms with Gasteiger partial charge in [0, 0.05) is 6.42 Å². The summed E-state index contributed by atoms with van der Waals surface area (Å²) in [5.74, 6) is 0.322. The smallest absolute Gasteiger partial charge is 0.431 e. The number of esters is 2. The van der Waals surface area contributed by atoms with E-state index in [2.05, 4.69) is 15.4 Å². The van der Waals surface area contributed by atoms with Gasteiger partial charge in [0.25, 0.3) is 0 Å². The molecule has 0 atom stereocenters. The highest BCUT2D eigenvalue weighted by Gasteiger charge is 2.13. The highest BCUT2D eigenvalue weighted by molar-refractivity contribution is 6.29. The highest BCUT2D eigenvalue weighted by atomic mass is 16.6. The third-order valence-electron chi connectivity index (χ3n) is 0.745. The minimum Gasteiger partial charge on any atom is -0.461 e. The Morgan fingerprint density at radius 1 is 1.36 bits per heavy atom. The van der Waals surface area contributed by atoms with E-state index in [0.717, 1.165) is 7.11 Å². The zero-order valence-electron chi connectivity index (χ0n) is 6.34. The van der Waals surface area contributed by atoms with Gasteiger partial charge in [-0.15, -0.1) is 0 Å². The molecular formula is C7H8O4. The number of hydrogen-bond donors (Lipinski definition) is 0. The quantitative estimate of drug-likeness (QED) is 0.283. The fraction of sp³-hybridized carbons (Fsp3) is 0.429. The van der Waals surface area contributed by atoms with Crippen molar-refractivity contribution in [2.24, 2.45) is 0 Å². The van der Waals surface area contributed by atoms with Gasteiger partial charge >= 0.3 is 11.9 Å². The van der Waals surface area contributed by atoms with Gasteiger partial charge in [0.2, 0.25) is 0 Å². The van der Waals surface area contributed by atoms with Crippen molar-refractivity contribution in [1.82, 2.24) is 0 Å². The summed E-state index contributed by atoms with van der Waals surface area (Å²) in [7, 11) is 1.09. The Kier molecular flexibility index (Phi) is 4.58. The Labute approximate surface area is 64.5 Å². The minimum absolute atomic E-state index is 0.564. The van der Waals surface area contributed by atoms with Crippen LogP contribution in [-0.4, -0.2) is 19.0 Å². The van der Waals surface area contributed by atoms with Crippen molar-refractivity contribution in [2.75, 3.05) is 7.11 Å². The van der Waals surface area contributed by atoms with Crippen molar-refractivity contribution in [3.8, 4) is 12.0 Å². The summed E-state index contributed by atoms with van der Waals surface area (Å²) in [5, 5.41) is 0. The summed E-state index contributed by atoms with van der Waals surface area (Å²) >= 11 is 0. The van der Waals surface area contributed by atoms with Crippen LogP contribution in [0.5, 0.6) is 0 Å². The van der Waals surface area contributed by atoms with Gasteiger partial charge in [0.05, 0.1) is 7.11 Å². The number of rotatable bonds is 0. The minimum atomic E-state index is -1.09. The zero-order chi connectivity index (χ0) is 8.69. The molecule has 0 aromatic heterocycles. The Hall–Kier alpha value is -1.50. The fourth-order valence-corrected chi connectivity index (χ4v) is 0.280. The van der Waals surface area contributed by atoms with E-state index >= 15 is 0 Å². The van der Waals surface area contributed by atoms with Gasteiger partial charge in [-0.1, -0.05) is 12.8 Å². The average Bonchev–Trinajstić information content (AvgIpc) is 2.03. The second-order valence-electron chi connectivity index (χ2n) is 1.51. The maximum Gasteiger partial charge on any atom is 0.431 e. The molecule has 4 nitrogen and oxygen atoms in total. The Morgan fingerprint density at radius 3 is 2.45 bits per heavy atom. The second kappa shape index (κ2) is 5.30. The normalized spacial score (nSPS) is 7.45. The van der Waals surface area contributed by atoms with Gasteiger partial charge in [-0.2, -0.15) is 0 Å². The SMILES string of the molecule is CCC#COC(=O)C(=O)OC. The molecule has 0 saturated carbocycles. The lowest BCUT2D eigenvalue weighted by Gasteiger charge is -1.91. The molecule has 0 aromatic carbocycles. The summed E-state index contributed by atoms with van der Waals surface area (Å²) < 4.78 is 8.22. The molecule has 4 heteroatoms. The molecule has 0 rings (SSSR count). The lowest BCUT2D eigenvalue weighted by Crippen LogP contribution is -2.16. The molecule has 0 aliphatic heterocycles. The molecule has 0 aliphatic carbocycles. The van der Waals surface area contributed by atoms with E-state index in [0.29, 0.717) is 6.42 Å². The Morgan fingerprint density at radius 2 is 2.00 bits per heavy atom. The van der Waals surface area contributed by atoms with Gasteiger partial charge in [-0.05, 0) is 0 Å².